The molecule has 0 rings (SSSR count). The molecule has 0 heterocycles. The Morgan fingerprint density at radius 2 is 2.00 bits per heavy atom. The SMILES string of the molecule is CC(C)CC(C)(C)C(=O)NO. The summed E-state index contributed by atoms with van der Waals surface area (Å²) in [4.78, 5) is 11.0. The summed E-state index contributed by atoms with van der Waals surface area (Å²) in [6.07, 6.45) is 0.777. The summed E-state index contributed by atoms with van der Waals surface area (Å²) in [6, 6.07) is 0. The van der Waals surface area contributed by atoms with Crippen LogP contribution in [0, 0.1) is 11.3 Å². The predicted molar refractivity (Wildman–Crippen MR) is 43.2 cm³/mol. The second-order valence-electron chi connectivity index (χ2n) is 3.92. The molecule has 0 radical (unpaired) electrons. The van der Waals surface area contributed by atoms with Crippen molar-refractivity contribution in [3.8, 4) is 0 Å². The van der Waals surface area contributed by atoms with Crippen LogP contribution in [-0.2, 0) is 4.79 Å². The largest absolute Gasteiger partial charge is 0.289 e. The van der Waals surface area contributed by atoms with E-state index in [1.54, 1.807) is 5.48 Å². The Morgan fingerprint density at radius 3 is 2.27 bits per heavy atom. The molecule has 0 saturated carbocycles. The Hall–Kier alpha value is -0.570. The second kappa shape index (κ2) is 3.72. The number of nitrogens with one attached hydrogen (secondary N) is 1. The molecule has 3 nitrogen and oxygen atoms in total. The lowest BCUT2D eigenvalue weighted by Gasteiger charge is -2.23. The van der Waals surface area contributed by atoms with Crippen molar-refractivity contribution in [3.05, 3.63) is 0 Å². The molecule has 11 heavy (non-hydrogen) atoms. The van der Waals surface area contributed by atoms with Crippen molar-refractivity contribution in [2.24, 2.45) is 11.3 Å². The zero-order valence-corrected chi connectivity index (χ0v) is 7.64. The van der Waals surface area contributed by atoms with E-state index in [0.29, 0.717) is 5.92 Å². The molecule has 0 fully saturated rings. The summed E-state index contributed by atoms with van der Waals surface area (Å²) in [6.45, 7) is 7.73. The number of hydroxylamine groups is 1. The Balaban J connectivity index is 4.09. The molecule has 2 N–H and O–H groups in total. The van der Waals surface area contributed by atoms with Crippen LogP contribution in [0.25, 0.3) is 0 Å². The van der Waals surface area contributed by atoms with Crippen LogP contribution in [0.4, 0.5) is 0 Å². The van der Waals surface area contributed by atoms with E-state index < -0.39 is 5.41 Å². The van der Waals surface area contributed by atoms with E-state index in [0.717, 1.165) is 6.42 Å². The van der Waals surface area contributed by atoms with Gasteiger partial charge in [0.1, 0.15) is 0 Å². The zero-order valence-electron chi connectivity index (χ0n) is 7.64. The van der Waals surface area contributed by atoms with Gasteiger partial charge in [0.2, 0.25) is 5.91 Å². The van der Waals surface area contributed by atoms with Crippen LogP contribution in [0.3, 0.4) is 0 Å². The van der Waals surface area contributed by atoms with E-state index in [2.05, 4.69) is 0 Å². The summed E-state index contributed by atoms with van der Waals surface area (Å²) in [7, 11) is 0. The highest BCUT2D eigenvalue weighted by Gasteiger charge is 2.27. The highest BCUT2D eigenvalue weighted by atomic mass is 16.5. The van der Waals surface area contributed by atoms with Crippen molar-refractivity contribution in [3.63, 3.8) is 0 Å². The lowest BCUT2D eigenvalue weighted by atomic mass is 9.83. The van der Waals surface area contributed by atoms with Gasteiger partial charge in [-0.05, 0) is 12.3 Å². The molecular weight excluding hydrogens is 142 g/mol. The maximum Gasteiger partial charge on any atom is 0.248 e. The van der Waals surface area contributed by atoms with Crippen LogP contribution >= 0.6 is 0 Å². The average molecular weight is 159 g/mol. The van der Waals surface area contributed by atoms with Gasteiger partial charge in [-0.3, -0.25) is 10.0 Å². The van der Waals surface area contributed by atoms with E-state index >= 15 is 0 Å². The number of carbonyl (C=O) groups is 1. The minimum absolute atomic E-state index is 0.314. The molecule has 66 valence electrons. The summed E-state index contributed by atoms with van der Waals surface area (Å²) < 4.78 is 0. The van der Waals surface area contributed by atoms with Gasteiger partial charge in [-0.1, -0.05) is 27.7 Å². The molecule has 0 aromatic rings. The second-order valence-corrected chi connectivity index (χ2v) is 3.92. The lowest BCUT2D eigenvalue weighted by molar-refractivity contribution is -0.138. The molecule has 0 aromatic heterocycles. The van der Waals surface area contributed by atoms with Crippen LogP contribution in [0.2, 0.25) is 0 Å². The quantitative estimate of drug-likeness (QED) is 0.485. The summed E-state index contributed by atoms with van der Waals surface area (Å²) in [5.41, 5.74) is 1.20. The molecule has 0 spiro atoms. The highest BCUT2D eigenvalue weighted by Crippen LogP contribution is 2.24. The fourth-order valence-electron chi connectivity index (χ4n) is 1.26. The van der Waals surface area contributed by atoms with Gasteiger partial charge in [0, 0.05) is 5.41 Å². The van der Waals surface area contributed by atoms with Crippen molar-refractivity contribution in [1.29, 1.82) is 0 Å². The lowest BCUT2D eigenvalue weighted by Crippen LogP contribution is -2.35. The van der Waals surface area contributed by atoms with E-state index in [9.17, 15) is 4.79 Å². The molecule has 1 amide bonds. The topological polar surface area (TPSA) is 49.3 Å². The molecular formula is C8H17NO2. The van der Waals surface area contributed by atoms with E-state index in [1.807, 2.05) is 27.7 Å². The average Bonchev–Trinajstić information content (AvgIpc) is 1.83. The first-order chi connectivity index (χ1) is 4.90. The molecule has 0 saturated heterocycles. The zero-order chi connectivity index (χ0) is 9.07. The van der Waals surface area contributed by atoms with Crippen molar-refractivity contribution in [2.45, 2.75) is 34.1 Å². The molecule has 0 atom stereocenters. The van der Waals surface area contributed by atoms with E-state index in [1.165, 1.54) is 0 Å². The fourth-order valence-corrected chi connectivity index (χ4v) is 1.26. The van der Waals surface area contributed by atoms with Gasteiger partial charge in [0.25, 0.3) is 0 Å². The number of amides is 1. The van der Waals surface area contributed by atoms with Gasteiger partial charge in [-0.2, -0.15) is 0 Å². The van der Waals surface area contributed by atoms with Crippen LogP contribution in [0.1, 0.15) is 34.1 Å². The first-order valence-electron chi connectivity index (χ1n) is 3.84. The van der Waals surface area contributed by atoms with Gasteiger partial charge < -0.3 is 0 Å². The molecule has 0 aliphatic rings. The normalized spacial score (nSPS) is 11.8. The minimum atomic E-state index is -0.469. The maximum absolute atomic E-state index is 11.0. The van der Waals surface area contributed by atoms with Crippen LogP contribution in [-0.4, -0.2) is 11.1 Å². The van der Waals surface area contributed by atoms with Crippen molar-refractivity contribution >= 4 is 5.91 Å². The van der Waals surface area contributed by atoms with Crippen LogP contribution < -0.4 is 5.48 Å². The standard InChI is InChI=1S/C8H17NO2/c1-6(2)5-8(3,4)7(10)9-11/h6,11H,5H2,1-4H3,(H,9,10). The van der Waals surface area contributed by atoms with Gasteiger partial charge in [0.15, 0.2) is 0 Å². The highest BCUT2D eigenvalue weighted by molar-refractivity contribution is 5.80. The third-order valence-electron chi connectivity index (χ3n) is 1.63. The third kappa shape index (κ3) is 3.37. The summed E-state index contributed by atoms with van der Waals surface area (Å²) >= 11 is 0. The molecule has 3 heteroatoms. The molecule has 0 aliphatic carbocycles. The Morgan fingerprint density at radius 1 is 1.55 bits per heavy atom. The van der Waals surface area contributed by atoms with Crippen molar-refractivity contribution in [2.75, 3.05) is 0 Å². The Bertz CT molecular complexity index is 141. The molecule has 0 unspecified atom stereocenters. The predicted octanol–water partition coefficient (Wildman–Crippen LogP) is 1.56. The molecule has 0 bridgehead atoms. The third-order valence-corrected chi connectivity index (χ3v) is 1.63. The van der Waals surface area contributed by atoms with Gasteiger partial charge in [-0.25, -0.2) is 5.48 Å². The maximum atomic E-state index is 11.0. The Kier molecular flexibility index (Phi) is 3.52. The minimum Gasteiger partial charge on any atom is -0.289 e. The van der Waals surface area contributed by atoms with Gasteiger partial charge in [-0.15, -0.1) is 0 Å². The number of hydrogen-bond donors (Lipinski definition) is 2. The first-order valence-corrected chi connectivity index (χ1v) is 3.84. The van der Waals surface area contributed by atoms with Crippen LogP contribution in [0.15, 0.2) is 0 Å². The molecule has 0 aliphatic heterocycles. The fraction of sp³-hybridized carbons (Fsp3) is 0.875. The number of rotatable bonds is 3. The van der Waals surface area contributed by atoms with E-state index in [4.69, 9.17) is 5.21 Å². The van der Waals surface area contributed by atoms with Gasteiger partial charge in [0.05, 0.1) is 0 Å². The van der Waals surface area contributed by atoms with E-state index in [-0.39, 0.29) is 5.91 Å². The monoisotopic (exact) mass is 159 g/mol. The summed E-state index contributed by atoms with van der Waals surface area (Å²) in [5.74, 6) is 0.147. The summed E-state index contributed by atoms with van der Waals surface area (Å²) in [5, 5.41) is 8.38. The van der Waals surface area contributed by atoms with Crippen LogP contribution in [0.5, 0.6) is 0 Å². The Labute approximate surface area is 67.8 Å². The van der Waals surface area contributed by atoms with Gasteiger partial charge >= 0.3 is 0 Å². The first kappa shape index (κ1) is 10.4. The number of hydrogen-bond acceptors (Lipinski definition) is 2. The van der Waals surface area contributed by atoms with Crippen molar-refractivity contribution < 1.29 is 10.0 Å². The van der Waals surface area contributed by atoms with Crippen molar-refractivity contribution in [1.82, 2.24) is 5.48 Å². The smallest absolute Gasteiger partial charge is 0.248 e. The molecule has 0 aromatic carbocycles. The number of carbonyl (C=O) groups excluding carboxylic acids is 1.